The molecule has 0 aliphatic carbocycles. The van der Waals surface area contributed by atoms with Gasteiger partial charge in [-0.2, -0.15) is 13.5 Å². The van der Waals surface area contributed by atoms with Crippen molar-refractivity contribution in [3.05, 3.63) is 68.7 Å². The van der Waals surface area contributed by atoms with Gasteiger partial charge in [-0.15, -0.1) is 0 Å². The van der Waals surface area contributed by atoms with Crippen LogP contribution in [0, 0.1) is 17.0 Å². The standard InChI is InChI=1S/C14H12ClN3O4S/c1-10-8-12(6-7-14(10)18(19)20)23(21,22)17-16-9-11-4-2-3-5-13(11)15/h2-9,17H,1H3. The third kappa shape index (κ3) is 4.05. The van der Waals surface area contributed by atoms with Crippen LogP contribution in [0.25, 0.3) is 0 Å². The van der Waals surface area contributed by atoms with Crippen LogP contribution >= 0.6 is 11.6 Å². The third-order valence-electron chi connectivity index (χ3n) is 2.96. The molecule has 2 aromatic carbocycles. The van der Waals surface area contributed by atoms with E-state index in [0.717, 1.165) is 12.1 Å². The van der Waals surface area contributed by atoms with Crippen molar-refractivity contribution in [2.75, 3.05) is 0 Å². The van der Waals surface area contributed by atoms with Crippen LogP contribution in [0.1, 0.15) is 11.1 Å². The number of hydrazone groups is 1. The molecule has 0 aliphatic rings. The Morgan fingerprint density at radius 3 is 2.57 bits per heavy atom. The summed E-state index contributed by atoms with van der Waals surface area (Å²) in [6, 6.07) is 10.3. The van der Waals surface area contributed by atoms with Crippen LogP contribution in [0.5, 0.6) is 0 Å². The zero-order chi connectivity index (χ0) is 17.0. The Bertz CT molecular complexity index is 881. The van der Waals surface area contributed by atoms with E-state index in [1.807, 2.05) is 4.83 Å². The summed E-state index contributed by atoms with van der Waals surface area (Å²) in [5.74, 6) is 0. The first-order valence-corrected chi connectivity index (χ1v) is 8.22. The second-order valence-corrected chi connectivity index (χ2v) is 6.65. The van der Waals surface area contributed by atoms with Crippen LogP contribution in [0.2, 0.25) is 5.02 Å². The van der Waals surface area contributed by atoms with Gasteiger partial charge in [-0.25, -0.2) is 4.83 Å². The minimum atomic E-state index is -3.92. The molecular formula is C14H12ClN3O4S. The van der Waals surface area contributed by atoms with Gasteiger partial charge in [0.15, 0.2) is 0 Å². The normalized spacial score (nSPS) is 11.6. The maximum atomic E-state index is 12.1. The SMILES string of the molecule is Cc1cc(S(=O)(=O)NN=Cc2ccccc2Cl)ccc1[N+](=O)[O-]. The van der Waals surface area contributed by atoms with Crippen molar-refractivity contribution < 1.29 is 13.3 Å². The smallest absolute Gasteiger partial charge is 0.258 e. The molecule has 0 heterocycles. The highest BCUT2D eigenvalue weighted by atomic mass is 35.5. The zero-order valence-corrected chi connectivity index (χ0v) is 13.5. The summed E-state index contributed by atoms with van der Waals surface area (Å²) in [6.07, 6.45) is 1.28. The molecule has 9 heteroatoms. The fraction of sp³-hybridized carbons (Fsp3) is 0.0714. The van der Waals surface area contributed by atoms with Crippen LogP contribution in [-0.2, 0) is 10.0 Å². The van der Waals surface area contributed by atoms with Crippen LogP contribution < -0.4 is 4.83 Å². The molecule has 0 atom stereocenters. The minimum Gasteiger partial charge on any atom is -0.258 e. The molecule has 0 aromatic heterocycles. The highest BCUT2D eigenvalue weighted by molar-refractivity contribution is 7.89. The van der Waals surface area contributed by atoms with Gasteiger partial charge in [-0.3, -0.25) is 10.1 Å². The predicted molar refractivity (Wildman–Crippen MR) is 87.2 cm³/mol. The molecule has 0 unspecified atom stereocenters. The van der Waals surface area contributed by atoms with Crippen LogP contribution in [-0.4, -0.2) is 19.6 Å². The molecule has 2 aromatic rings. The van der Waals surface area contributed by atoms with Crippen LogP contribution in [0.3, 0.4) is 0 Å². The Hall–Kier alpha value is -2.45. The fourth-order valence-corrected chi connectivity index (χ4v) is 2.86. The Morgan fingerprint density at radius 1 is 1.26 bits per heavy atom. The maximum Gasteiger partial charge on any atom is 0.276 e. The molecule has 2 rings (SSSR count). The number of rotatable bonds is 5. The van der Waals surface area contributed by atoms with Crippen molar-refractivity contribution in [1.29, 1.82) is 0 Å². The number of nitro benzene ring substituents is 1. The van der Waals surface area contributed by atoms with Crippen molar-refractivity contribution in [2.45, 2.75) is 11.8 Å². The molecule has 0 saturated heterocycles. The van der Waals surface area contributed by atoms with Gasteiger partial charge in [0, 0.05) is 22.2 Å². The molecule has 120 valence electrons. The van der Waals surface area contributed by atoms with Gasteiger partial charge < -0.3 is 0 Å². The number of nitrogens with one attached hydrogen (secondary N) is 1. The summed E-state index contributed by atoms with van der Waals surface area (Å²) in [5.41, 5.74) is 0.647. The van der Waals surface area contributed by atoms with Gasteiger partial charge >= 0.3 is 0 Å². The fourth-order valence-electron chi connectivity index (χ4n) is 1.80. The number of nitro groups is 1. The average molecular weight is 354 g/mol. The molecule has 0 radical (unpaired) electrons. The number of hydrogen-bond acceptors (Lipinski definition) is 5. The van der Waals surface area contributed by atoms with Crippen LogP contribution in [0.15, 0.2) is 52.5 Å². The van der Waals surface area contributed by atoms with E-state index in [0.29, 0.717) is 10.6 Å². The average Bonchev–Trinajstić information content (AvgIpc) is 2.48. The monoisotopic (exact) mass is 353 g/mol. The highest BCUT2D eigenvalue weighted by Gasteiger charge is 2.17. The summed E-state index contributed by atoms with van der Waals surface area (Å²) in [6.45, 7) is 1.46. The quantitative estimate of drug-likeness (QED) is 0.507. The number of aryl methyl sites for hydroxylation is 1. The lowest BCUT2D eigenvalue weighted by molar-refractivity contribution is -0.385. The van der Waals surface area contributed by atoms with E-state index in [1.54, 1.807) is 24.3 Å². The maximum absolute atomic E-state index is 12.1. The molecule has 7 nitrogen and oxygen atoms in total. The van der Waals surface area contributed by atoms with E-state index in [9.17, 15) is 18.5 Å². The van der Waals surface area contributed by atoms with Crippen molar-refractivity contribution >= 4 is 33.5 Å². The molecule has 0 spiro atoms. The van der Waals surface area contributed by atoms with Gasteiger partial charge in [0.2, 0.25) is 0 Å². The Balaban J connectivity index is 2.21. The Labute approximate surface area is 137 Å². The second-order valence-electron chi connectivity index (χ2n) is 4.58. The topological polar surface area (TPSA) is 102 Å². The highest BCUT2D eigenvalue weighted by Crippen LogP contribution is 2.21. The molecule has 1 N–H and O–H groups in total. The Morgan fingerprint density at radius 2 is 1.96 bits per heavy atom. The van der Waals surface area contributed by atoms with Crippen molar-refractivity contribution in [2.24, 2.45) is 5.10 Å². The van der Waals surface area contributed by atoms with Crippen molar-refractivity contribution in [3.8, 4) is 0 Å². The lowest BCUT2D eigenvalue weighted by Gasteiger charge is -2.05. The molecule has 0 amide bonds. The summed E-state index contributed by atoms with van der Waals surface area (Å²) in [7, 11) is -3.92. The van der Waals surface area contributed by atoms with Gasteiger partial charge in [-0.1, -0.05) is 29.8 Å². The van der Waals surface area contributed by atoms with Crippen molar-refractivity contribution in [3.63, 3.8) is 0 Å². The minimum absolute atomic E-state index is 0.114. The van der Waals surface area contributed by atoms with Gasteiger partial charge in [-0.05, 0) is 25.1 Å². The largest absolute Gasteiger partial charge is 0.276 e. The molecule has 0 saturated carbocycles. The first-order valence-electron chi connectivity index (χ1n) is 6.36. The van der Waals surface area contributed by atoms with Crippen LogP contribution in [0.4, 0.5) is 5.69 Å². The number of halogens is 1. The van der Waals surface area contributed by atoms with E-state index >= 15 is 0 Å². The van der Waals surface area contributed by atoms with E-state index in [2.05, 4.69) is 5.10 Å². The zero-order valence-electron chi connectivity index (χ0n) is 11.9. The lowest BCUT2D eigenvalue weighted by atomic mass is 10.2. The summed E-state index contributed by atoms with van der Waals surface area (Å²) >= 11 is 5.93. The Kier molecular flexibility index (Phi) is 4.97. The van der Waals surface area contributed by atoms with E-state index < -0.39 is 14.9 Å². The van der Waals surface area contributed by atoms with Gasteiger partial charge in [0.1, 0.15) is 0 Å². The van der Waals surface area contributed by atoms with Gasteiger partial charge in [0.25, 0.3) is 15.7 Å². The molecular weight excluding hydrogens is 342 g/mol. The second kappa shape index (κ2) is 6.76. The van der Waals surface area contributed by atoms with E-state index in [4.69, 9.17) is 11.6 Å². The summed E-state index contributed by atoms with van der Waals surface area (Å²) < 4.78 is 24.2. The summed E-state index contributed by atoms with van der Waals surface area (Å²) in [4.78, 5) is 12.1. The molecule has 0 aliphatic heterocycles. The third-order valence-corrected chi connectivity index (χ3v) is 4.52. The molecule has 23 heavy (non-hydrogen) atoms. The first kappa shape index (κ1) is 16.9. The predicted octanol–water partition coefficient (Wildman–Crippen LogP) is 2.87. The molecule has 0 fully saturated rings. The van der Waals surface area contributed by atoms with E-state index in [1.165, 1.54) is 19.2 Å². The van der Waals surface area contributed by atoms with E-state index in [-0.39, 0.29) is 16.1 Å². The number of benzene rings is 2. The number of hydrogen-bond donors (Lipinski definition) is 1. The molecule has 0 bridgehead atoms. The number of nitrogens with zero attached hydrogens (tertiary/aromatic N) is 2. The first-order chi connectivity index (χ1) is 10.8. The van der Waals surface area contributed by atoms with Crippen molar-refractivity contribution in [1.82, 2.24) is 4.83 Å². The van der Waals surface area contributed by atoms with Gasteiger partial charge in [0.05, 0.1) is 16.0 Å². The number of sulfonamides is 1. The lowest BCUT2D eigenvalue weighted by Crippen LogP contribution is -2.18. The summed E-state index contributed by atoms with van der Waals surface area (Å²) in [5, 5.41) is 14.8.